The van der Waals surface area contributed by atoms with Crippen LogP contribution in [0.25, 0.3) is 10.9 Å². The summed E-state index contributed by atoms with van der Waals surface area (Å²) in [5.41, 5.74) is 2.25. The summed E-state index contributed by atoms with van der Waals surface area (Å²) in [6.45, 7) is 10.3. The molecule has 2 aromatic rings. The van der Waals surface area contributed by atoms with Crippen molar-refractivity contribution in [1.29, 1.82) is 0 Å². The van der Waals surface area contributed by atoms with Crippen molar-refractivity contribution in [3.05, 3.63) is 30.0 Å². The minimum Gasteiger partial charge on any atom is -0.490 e. The first-order valence-electron chi connectivity index (χ1n) is 6.68. The van der Waals surface area contributed by atoms with Gasteiger partial charge in [-0.15, -0.1) is 0 Å². The molecule has 0 fully saturated rings. The number of benzene rings is 1. The molecule has 0 bridgehead atoms. The van der Waals surface area contributed by atoms with E-state index in [4.69, 9.17) is 4.74 Å². The van der Waals surface area contributed by atoms with Gasteiger partial charge in [0, 0.05) is 17.4 Å². The van der Waals surface area contributed by atoms with E-state index in [2.05, 4.69) is 42.8 Å². The first kappa shape index (κ1) is 13.0. The van der Waals surface area contributed by atoms with Gasteiger partial charge in [0.2, 0.25) is 0 Å². The molecular formula is C15H22N2O. The number of nitrogens with zero attached hydrogens (tertiary/aromatic N) is 1. The highest BCUT2D eigenvalue weighted by atomic mass is 16.5. The molecule has 0 aliphatic rings. The lowest BCUT2D eigenvalue weighted by molar-refractivity contribution is 0.223. The highest BCUT2D eigenvalue weighted by Crippen LogP contribution is 2.29. The van der Waals surface area contributed by atoms with Gasteiger partial charge in [-0.3, -0.25) is 0 Å². The highest BCUT2D eigenvalue weighted by Gasteiger charge is 2.09. The Balaban J connectivity index is 2.05. The maximum Gasteiger partial charge on any atom is 0.147 e. The molecule has 1 aromatic carbocycles. The number of hydrogen-bond acceptors (Lipinski definition) is 2. The van der Waals surface area contributed by atoms with Crippen LogP contribution in [0.3, 0.4) is 0 Å². The lowest BCUT2D eigenvalue weighted by atomic mass is 10.2. The van der Waals surface area contributed by atoms with Crippen molar-refractivity contribution in [3.63, 3.8) is 0 Å². The molecule has 3 nitrogen and oxygen atoms in total. The van der Waals surface area contributed by atoms with Crippen molar-refractivity contribution in [1.82, 2.24) is 9.88 Å². The summed E-state index contributed by atoms with van der Waals surface area (Å²) in [5, 5.41) is 1.18. The topological polar surface area (TPSA) is 28.3 Å². The number of para-hydroxylation sites is 1. The van der Waals surface area contributed by atoms with Gasteiger partial charge >= 0.3 is 0 Å². The van der Waals surface area contributed by atoms with Gasteiger partial charge in [-0.05, 0) is 32.1 Å². The lowest BCUT2D eigenvalue weighted by Crippen LogP contribution is -2.27. The average Bonchev–Trinajstić information content (AvgIpc) is 2.71. The number of ether oxygens (including phenoxy) is 1. The number of aromatic amines is 1. The van der Waals surface area contributed by atoms with Crippen molar-refractivity contribution in [3.8, 4) is 5.75 Å². The zero-order chi connectivity index (χ0) is 13.0. The summed E-state index contributed by atoms with van der Waals surface area (Å²) in [4.78, 5) is 5.72. The monoisotopic (exact) mass is 246 g/mol. The highest BCUT2D eigenvalue weighted by molar-refractivity contribution is 5.87. The predicted octanol–water partition coefficient (Wildman–Crippen LogP) is 3.20. The molecule has 1 heterocycles. The lowest BCUT2D eigenvalue weighted by Gasteiger charge is -2.18. The molecule has 0 atom stereocenters. The molecule has 2 rings (SSSR count). The Morgan fingerprint density at radius 3 is 2.61 bits per heavy atom. The number of aryl methyl sites for hydroxylation is 1. The van der Waals surface area contributed by atoms with Crippen molar-refractivity contribution < 1.29 is 4.74 Å². The summed E-state index contributed by atoms with van der Waals surface area (Å²) in [5.74, 6) is 0.998. The SMILES string of the molecule is CCN(CC)CCOc1c(C)[nH]c2ccccc12. The van der Waals surface area contributed by atoms with E-state index in [0.717, 1.165) is 43.2 Å². The van der Waals surface area contributed by atoms with Gasteiger partial charge in [-0.2, -0.15) is 0 Å². The predicted molar refractivity (Wildman–Crippen MR) is 76.3 cm³/mol. The van der Waals surface area contributed by atoms with Gasteiger partial charge in [-0.1, -0.05) is 26.0 Å². The Hall–Kier alpha value is -1.48. The van der Waals surface area contributed by atoms with Gasteiger partial charge < -0.3 is 14.6 Å². The Morgan fingerprint density at radius 1 is 1.17 bits per heavy atom. The van der Waals surface area contributed by atoms with Crippen LogP contribution in [0.4, 0.5) is 0 Å². The van der Waals surface area contributed by atoms with Crippen LogP contribution in [0, 0.1) is 6.92 Å². The van der Waals surface area contributed by atoms with Crippen molar-refractivity contribution in [2.75, 3.05) is 26.2 Å². The van der Waals surface area contributed by atoms with Gasteiger partial charge in [0.05, 0.1) is 5.69 Å². The number of fused-ring (bicyclic) bond motifs is 1. The maximum absolute atomic E-state index is 5.95. The second-order valence-electron chi connectivity index (χ2n) is 4.50. The average molecular weight is 246 g/mol. The zero-order valence-corrected chi connectivity index (χ0v) is 11.5. The van der Waals surface area contributed by atoms with Gasteiger partial charge in [0.1, 0.15) is 12.4 Å². The summed E-state index contributed by atoms with van der Waals surface area (Å²) in [6.07, 6.45) is 0. The molecule has 0 saturated heterocycles. The maximum atomic E-state index is 5.95. The third-order valence-corrected chi connectivity index (χ3v) is 3.38. The van der Waals surface area contributed by atoms with Crippen LogP contribution in [0.1, 0.15) is 19.5 Å². The first-order valence-corrected chi connectivity index (χ1v) is 6.68. The van der Waals surface area contributed by atoms with E-state index in [1.165, 1.54) is 5.39 Å². The van der Waals surface area contributed by atoms with Crippen LogP contribution in [-0.2, 0) is 0 Å². The molecule has 0 aliphatic heterocycles. The third kappa shape index (κ3) is 2.67. The van der Waals surface area contributed by atoms with Gasteiger partial charge in [-0.25, -0.2) is 0 Å². The Bertz CT molecular complexity index is 500. The minimum atomic E-state index is 0.740. The number of rotatable bonds is 6. The van der Waals surface area contributed by atoms with E-state index in [1.54, 1.807) is 0 Å². The van der Waals surface area contributed by atoms with Crippen LogP contribution >= 0.6 is 0 Å². The molecule has 1 N–H and O–H groups in total. The van der Waals surface area contributed by atoms with E-state index < -0.39 is 0 Å². The number of likely N-dealkylation sites (N-methyl/N-ethyl adjacent to an activating group) is 1. The molecule has 0 saturated carbocycles. The molecule has 3 heteroatoms. The Kier molecular flexibility index (Phi) is 4.26. The number of aromatic nitrogens is 1. The standard InChI is InChI=1S/C15H22N2O/c1-4-17(5-2)10-11-18-15-12(3)16-14-9-7-6-8-13(14)15/h6-9,16H,4-5,10-11H2,1-3H3. The summed E-state index contributed by atoms with van der Waals surface area (Å²) in [7, 11) is 0. The van der Waals surface area contributed by atoms with E-state index in [1.807, 2.05) is 12.1 Å². The normalized spacial score (nSPS) is 11.3. The van der Waals surface area contributed by atoms with Gasteiger partial charge in [0.15, 0.2) is 0 Å². The minimum absolute atomic E-state index is 0.740. The quantitative estimate of drug-likeness (QED) is 0.847. The van der Waals surface area contributed by atoms with Crippen molar-refractivity contribution >= 4 is 10.9 Å². The molecule has 98 valence electrons. The summed E-state index contributed by atoms with van der Waals surface area (Å²) < 4.78 is 5.95. The van der Waals surface area contributed by atoms with E-state index in [-0.39, 0.29) is 0 Å². The van der Waals surface area contributed by atoms with Crippen LogP contribution in [0.5, 0.6) is 5.75 Å². The fraction of sp³-hybridized carbons (Fsp3) is 0.467. The zero-order valence-electron chi connectivity index (χ0n) is 11.5. The second kappa shape index (κ2) is 5.91. The van der Waals surface area contributed by atoms with E-state index >= 15 is 0 Å². The van der Waals surface area contributed by atoms with E-state index in [9.17, 15) is 0 Å². The molecular weight excluding hydrogens is 224 g/mol. The Morgan fingerprint density at radius 2 is 1.89 bits per heavy atom. The van der Waals surface area contributed by atoms with Crippen LogP contribution in [0.15, 0.2) is 24.3 Å². The molecule has 0 aliphatic carbocycles. The molecule has 18 heavy (non-hydrogen) atoms. The van der Waals surface area contributed by atoms with Crippen LogP contribution in [0.2, 0.25) is 0 Å². The molecule has 0 radical (unpaired) electrons. The number of hydrogen-bond donors (Lipinski definition) is 1. The van der Waals surface area contributed by atoms with Crippen LogP contribution in [-0.4, -0.2) is 36.1 Å². The molecule has 1 aromatic heterocycles. The Labute approximate surface area is 109 Å². The number of H-pyrrole nitrogens is 1. The first-order chi connectivity index (χ1) is 8.76. The third-order valence-electron chi connectivity index (χ3n) is 3.38. The van der Waals surface area contributed by atoms with Crippen LogP contribution < -0.4 is 4.74 Å². The van der Waals surface area contributed by atoms with Crippen molar-refractivity contribution in [2.24, 2.45) is 0 Å². The summed E-state index contributed by atoms with van der Waals surface area (Å²) >= 11 is 0. The fourth-order valence-corrected chi connectivity index (χ4v) is 2.25. The van der Waals surface area contributed by atoms with Crippen molar-refractivity contribution in [2.45, 2.75) is 20.8 Å². The largest absolute Gasteiger partial charge is 0.490 e. The second-order valence-corrected chi connectivity index (χ2v) is 4.50. The number of nitrogens with one attached hydrogen (secondary N) is 1. The summed E-state index contributed by atoms with van der Waals surface area (Å²) in [6, 6.07) is 8.27. The van der Waals surface area contributed by atoms with E-state index in [0.29, 0.717) is 0 Å². The fourth-order valence-electron chi connectivity index (χ4n) is 2.25. The smallest absolute Gasteiger partial charge is 0.147 e. The molecule has 0 spiro atoms. The molecule has 0 unspecified atom stereocenters. The molecule has 0 amide bonds. The van der Waals surface area contributed by atoms with Gasteiger partial charge in [0.25, 0.3) is 0 Å².